The lowest BCUT2D eigenvalue weighted by molar-refractivity contribution is 0.181. The summed E-state index contributed by atoms with van der Waals surface area (Å²) in [5.41, 5.74) is 3.20. The first-order valence-corrected chi connectivity index (χ1v) is 8.31. The molecule has 0 radical (unpaired) electrons. The van der Waals surface area contributed by atoms with Crippen molar-refractivity contribution in [2.24, 2.45) is 5.92 Å². The van der Waals surface area contributed by atoms with Crippen molar-refractivity contribution in [2.45, 2.75) is 39.3 Å². The Morgan fingerprint density at radius 2 is 1.78 bits per heavy atom. The Labute approximate surface area is 138 Å². The molecule has 1 fully saturated rings. The zero-order valence-corrected chi connectivity index (χ0v) is 13.8. The maximum atomic E-state index is 12.8. The van der Waals surface area contributed by atoms with E-state index in [4.69, 9.17) is 0 Å². The third kappa shape index (κ3) is 4.13. The number of rotatable bonds is 5. The molecule has 0 heterocycles. The molecule has 120 valence electrons. The van der Waals surface area contributed by atoms with Crippen molar-refractivity contribution < 1.29 is 4.79 Å². The maximum Gasteiger partial charge on any atom is 0.322 e. The fraction of sp³-hybridized carbons (Fsp3) is 0.350. The van der Waals surface area contributed by atoms with Gasteiger partial charge in [-0.05, 0) is 50.3 Å². The molecule has 1 N–H and O–H groups in total. The van der Waals surface area contributed by atoms with Gasteiger partial charge in [0.2, 0.25) is 0 Å². The predicted molar refractivity (Wildman–Crippen MR) is 94.4 cm³/mol. The highest BCUT2D eigenvalue weighted by Crippen LogP contribution is 2.36. The molecule has 1 unspecified atom stereocenters. The lowest BCUT2D eigenvalue weighted by Gasteiger charge is -2.29. The summed E-state index contributed by atoms with van der Waals surface area (Å²) in [6, 6.07) is 18.4. The molecule has 3 heteroatoms. The average molecular weight is 308 g/mol. The van der Waals surface area contributed by atoms with Crippen molar-refractivity contribution in [3.8, 4) is 0 Å². The van der Waals surface area contributed by atoms with E-state index >= 15 is 0 Å². The SMILES string of the molecule is Cc1ccc(NC(=O)N(Cc2ccccc2)C(C)C2CC2)cc1. The number of anilines is 1. The van der Waals surface area contributed by atoms with Crippen molar-refractivity contribution >= 4 is 11.7 Å². The van der Waals surface area contributed by atoms with Gasteiger partial charge in [-0.3, -0.25) is 0 Å². The number of carbonyl (C=O) groups excluding carboxylic acids is 1. The van der Waals surface area contributed by atoms with Gasteiger partial charge in [0.15, 0.2) is 0 Å². The van der Waals surface area contributed by atoms with E-state index in [0.717, 1.165) is 5.69 Å². The molecule has 1 saturated carbocycles. The fourth-order valence-electron chi connectivity index (χ4n) is 2.85. The van der Waals surface area contributed by atoms with Gasteiger partial charge in [-0.15, -0.1) is 0 Å². The minimum absolute atomic E-state index is 0.0166. The molecule has 2 aromatic carbocycles. The molecule has 3 nitrogen and oxygen atoms in total. The number of carbonyl (C=O) groups is 1. The monoisotopic (exact) mass is 308 g/mol. The normalized spacial score (nSPS) is 15.0. The van der Waals surface area contributed by atoms with E-state index in [2.05, 4.69) is 24.4 Å². The van der Waals surface area contributed by atoms with Gasteiger partial charge in [-0.25, -0.2) is 4.79 Å². The van der Waals surface area contributed by atoms with Crippen LogP contribution >= 0.6 is 0 Å². The molecule has 1 aliphatic carbocycles. The number of aryl methyl sites for hydroxylation is 1. The van der Waals surface area contributed by atoms with E-state index in [1.807, 2.05) is 54.3 Å². The summed E-state index contributed by atoms with van der Waals surface area (Å²) < 4.78 is 0. The fourth-order valence-corrected chi connectivity index (χ4v) is 2.85. The number of amides is 2. The number of hydrogen-bond acceptors (Lipinski definition) is 1. The Hall–Kier alpha value is -2.29. The van der Waals surface area contributed by atoms with Crippen molar-refractivity contribution in [2.75, 3.05) is 5.32 Å². The van der Waals surface area contributed by atoms with E-state index in [-0.39, 0.29) is 12.1 Å². The maximum absolute atomic E-state index is 12.8. The van der Waals surface area contributed by atoms with Gasteiger partial charge in [0.25, 0.3) is 0 Å². The van der Waals surface area contributed by atoms with Crippen LogP contribution in [0.15, 0.2) is 54.6 Å². The molecule has 0 bridgehead atoms. The van der Waals surface area contributed by atoms with E-state index in [1.54, 1.807) is 0 Å². The van der Waals surface area contributed by atoms with Crippen LogP contribution in [-0.4, -0.2) is 17.0 Å². The standard InChI is InChI=1S/C20H24N2O/c1-15-8-12-19(13-9-15)21-20(23)22(16(2)18-10-11-18)14-17-6-4-3-5-7-17/h3-9,12-13,16,18H,10-11,14H2,1-2H3,(H,21,23). The first kappa shape index (κ1) is 15.6. The molecule has 0 aromatic heterocycles. The Bertz CT molecular complexity index is 647. The molecule has 0 saturated heterocycles. The largest absolute Gasteiger partial charge is 0.322 e. The molecule has 1 atom stereocenters. The first-order valence-electron chi connectivity index (χ1n) is 8.31. The molecule has 1 aliphatic rings. The number of nitrogens with zero attached hydrogens (tertiary/aromatic N) is 1. The number of hydrogen-bond donors (Lipinski definition) is 1. The van der Waals surface area contributed by atoms with Crippen molar-refractivity contribution in [3.63, 3.8) is 0 Å². The van der Waals surface area contributed by atoms with E-state index in [0.29, 0.717) is 12.5 Å². The van der Waals surface area contributed by atoms with Gasteiger partial charge in [-0.2, -0.15) is 0 Å². The van der Waals surface area contributed by atoms with Gasteiger partial charge in [0, 0.05) is 18.3 Å². The van der Waals surface area contributed by atoms with Crippen molar-refractivity contribution in [3.05, 3.63) is 65.7 Å². The predicted octanol–water partition coefficient (Wildman–Crippen LogP) is 4.83. The molecular formula is C20H24N2O. The topological polar surface area (TPSA) is 32.3 Å². The summed E-state index contributed by atoms with van der Waals surface area (Å²) in [6.45, 7) is 4.86. The van der Waals surface area contributed by atoms with Crippen LogP contribution < -0.4 is 5.32 Å². The summed E-state index contributed by atoms with van der Waals surface area (Å²) in [5.74, 6) is 0.641. The molecular weight excluding hydrogens is 284 g/mol. The van der Waals surface area contributed by atoms with Gasteiger partial charge >= 0.3 is 6.03 Å². The highest BCUT2D eigenvalue weighted by Gasteiger charge is 2.34. The summed E-state index contributed by atoms with van der Waals surface area (Å²) in [4.78, 5) is 14.8. The minimum atomic E-state index is -0.0166. The van der Waals surface area contributed by atoms with Gasteiger partial charge in [-0.1, -0.05) is 48.0 Å². The van der Waals surface area contributed by atoms with Crippen LogP contribution in [0.2, 0.25) is 0 Å². The number of nitrogens with one attached hydrogen (secondary N) is 1. The van der Waals surface area contributed by atoms with Crippen LogP contribution in [0.5, 0.6) is 0 Å². The molecule has 2 aromatic rings. The summed E-state index contributed by atoms with van der Waals surface area (Å²) in [6.07, 6.45) is 2.45. The van der Waals surface area contributed by atoms with E-state index in [1.165, 1.54) is 24.0 Å². The van der Waals surface area contributed by atoms with Gasteiger partial charge in [0.05, 0.1) is 0 Å². The zero-order valence-electron chi connectivity index (χ0n) is 13.8. The van der Waals surface area contributed by atoms with E-state index < -0.39 is 0 Å². The lowest BCUT2D eigenvalue weighted by Crippen LogP contribution is -2.42. The van der Waals surface area contributed by atoms with Crippen LogP contribution in [0.4, 0.5) is 10.5 Å². The summed E-state index contributed by atoms with van der Waals surface area (Å²) in [7, 11) is 0. The number of benzene rings is 2. The third-order valence-corrected chi connectivity index (χ3v) is 4.56. The Morgan fingerprint density at radius 1 is 1.13 bits per heavy atom. The summed E-state index contributed by atoms with van der Waals surface area (Å²) >= 11 is 0. The second-order valence-corrected chi connectivity index (χ2v) is 6.49. The first-order chi connectivity index (χ1) is 11.1. The van der Waals surface area contributed by atoms with Gasteiger partial charge < -0.3 is 10.2 Å². The van der Waals surface area contributed by atoms with Crippen LogP contribution in [-0.2, 0) is 6.54 Å². The third-order valence-electron chi connectivity index (χ3n) is 4.56. The highest BCUT2D eigenvalue weighted by atomic mass is 16.2. The van der Waals surface area contributed by atoms with Crippen molar-refractivity contribution in [1.82, 2.24) is 4.90 Å². The van der Waals surface area contributed by atoms with Crippen LogP contribution in [0.1, 0.15) is 30.9 Å². The molecule has 0 spiro atoms. The smallest absolute Gasteiger partial charge is 0.317 e. The molecule has 0 aliphatic heterocycles. The minimum Gasteiger partial charge on any atom is -0.317 e. The van der Waals surface area contributed by atoms with Crippen LogP contribution in [0.3, 0.4) is 0 Å². The lowest BCUT2D eigenvalue weighted by atomic mass is 10.1. The molecule has 2 amide bonds. The molecule has 3 rings (SSSR count). The zero-order chi connectivity index (χ0) is 16.2. The number of urea groups is 1. The highest BCUT2D eigenvalue weighted by molar-refractivity contribution is 5.89. The quantitative estimate of drug-likeness (QED) is 0.843. The van der Waals surface area contributed by atoms with E-state index in [9.17, 15) is 4.79 Å². The molecule has 23 heavy (non-hydrogen) atoms. The Kier molecular flexibility index (Phi) is 4.65. The Balaban J connectivity index is 1.73. The van der Waals surface area contributed by atoms with Crippen LogP contribution in [0.25, 0.3) is 0 Å². The average Bonchev–Trinajstić information content (AvgIpc) is 3.40. The Morgan fingerprint density at radius 3 is 2.39 bits per heavy atom. The van der Waals surface area contributed by atoms with Crippen molar-refractivity contribution in [1.29, 1.82) is 0 Å². The van der Waals surface area contributed by atoms with Crippen LogP contribution in [0, 0.1) is 12.8 Å². The van der Waals surface area contributed by atoms with Gasteiger partial charge in [0.1, 0.15) is 0 Å². The second kappa shape index (κ2) is 6.86. The second-order valence-electron chi connectivity index (χ2n) is 6.49. The summed E-state index contributed by atoms with van der Waals surface area (Å²) in [5, 5.41) is 3.04.